The summed E-state index contributed by atoms with van der Waals surface area (Å²) in [4.78, 5) is 10.6. The zero-order chi connectivity index (χ0) is 14.3. The van der Waals surface area contributed by atoms with E-state index in [0.717, 1.165) is 30.0 Å². The normalized spacial score (nSPS) is 10.7. The predicted octanol–water partition coefficient (Wildman–Crippen LogP) is 3.28. The van der Waals surface area contributed by atoms with Crippen LogP contribution in [-0.4, -0.2) is 24.8 Å². The van der Waals surface area contributed by atoms with Crippen molar-refractivity contribution >= 4 is 12.0 Å². The molecule has 0 fully saturated rings. The van der Waals surface area contributed by atoms with Crippen LogP contribution < -0.4 is 9.47 Å². The molecule has 0 aliphatic rings. The molecule has 0 saturated heterocycles. The Hall–Kier alpha value is -1.97. The van der Waals surface area contributed by atoms with E-state index in [1.54, 1.807) is 13.2 Å². The molecule has 0 unspecified atom stereocenters. The van der Waals surface area contributed by atoms with Gasteiger partial charge in [0.1, 0.15) is 0 Å². The molecule has 0 aromatic heterocycles. The van der Waals surface area contributed by atoms with E-state index in [0.29, 0.717) is 18.1 Å². The molecule has 1 aromatic rings. The summed E-state index contributed by atoms with van der Waals surface area (Å²) < 4.78 is 10.9. The van der Waals surface area contributed by atoms with E-state index in [1.807, 2.05) is 19.1 Å². The van der Waals surface area contributed by atoms with Crippen molar-refractivity contribution in [1.82, 2.24) is 0 Å². The largest absolute Gasteiger partial charge is 0.493 e. The van der Waals surface area contributed by atoms with E-state index < -0.39 is 5.97 Å². The molecule has 1 N–H and O–H groups in total. The van der Waals surface area contributed by atoms with Gasteiger partial charge in [-0.15, -0.1) is 0 Å². The van der Waals surface area contributed by atoms with Crippen LogP contribution in [0.15, 0.2) is 18.2 Å². The molecule has 0 heterocycles. The lowest BCUT2D eigenvalue weighted by Gasteiger charge is -2.13. The number of carboxylic acids is 1. The van der Waals surface area contributed by atoms with Gasteiger partial charge in [0.2, 0.25) is 0 Å². The summed E-state index contributed by atoms with van der Waals surface area (Å²) in [6, 6.07) is 3.66. The monoisotopic (exact) mass is 264 g/mol. The summed E-state index contributed by atoms with van der Waals surface area (Å²) in [6.45, 7) is 4.62. The molecule has 1 aromatic carbocycles. The average Bonchev–Trinajstić information content (AvgIpc) is 2.38. The summed E-state index contributed by atoms with van der Waals surface area (Å²) in [7, 11) is 1.59. The molecule has 0 aliphatic carbocycles. The zero-order valence-electron chi connectivity index (χ0n) is 11.6. The van der Waals surface area contributed by atoms with Crippen molar-refractivity contribution in [2.24, 2.45) is 0 Å². The van der Waals surface area contributed by atoms with Crippen molar-refractivity contribution in [3.8, 4) is 11.5 Å². The molecule has 104 valence electrons. The van der Waals surface area contributed by atoms with Crippen molar-refractivity contribution in [2.75, 3.05) is 13.7 Å². The quantitative estimate of drug-likeness (QED) is 0.606. The second-order valence-electron chi connectivity index (χ2n) is 4.23. The van der Waals surface area contributed by atoms with E-state index >= 15 is 0 Å². The standard InChI is InChI=1S/C15H20O4/c1-4-5-8-19-14-10-12(6-7-15(16)17)11(2)9-13(14)18-3/h6-7,9-10H,4-5,8H2,1-3H3,(H,16,17)/b7-6+. The lowest BCUT2D eigenvalue weighted by atomic mass is 10.1. The molecular formula is C15H20O4. The maximum atomic E-state index is 10.6. The minimum Gasteiger partial charge on any atom is -0.493 e. The number of aryl methyl sites for hydroxylation is 1. The summed E-state index contributed by atoms with van der Waals surface area (Å²) >= 11 is 0. The minimum absolute atomic E-state index is 0.623. The third-order valence-electron chi connectivity index (χ3n) is 2.71. The van der Waals surface area contributed by atoms with Crippen molar-refractivity contribution in [3.05, 3.63) is 29.3 Å². The first kappa shape index (κ1) is 15.1. The number of carboxylic acid groups (broad SMARTS) is 1. The van der Waals surface area contributed by atoms with Crippen LogP contribution in [0.1, 0.15) is 30.9 Å². The fourth-order valence-electron chi connectivity index (χ4n) is 1.62. The van der Waals surface area contributed by atoms with Gasteiger partial charge in [-0.05, 0) is 42.7 Å². The Kier molecular flexibility index (Phi) is 5.93. The number of carbonyl (C=O) groups is 1. The lowest BCUT2D eigenvalue weighted by molar-refractivity contribution is -0.131. The van der Waals surface area contributed by atoms with Crippen molar-refractivity contribution in [1.29, 1.82) is 0 Å². The Morgan fingerprint density at radius 3 is 2.68 bits per heavy atom. The van der Waals surface area contributed by atoms with Crippen LogP contribution in [0.2, 0.25) is 0 Å². The highest BCUT2D eigenvalue weighted by Crippen LogP contribution is 2.31. The van der Waals surface area contributed by atoms with Crippen LogP contribution in [0.4, 0.5) is 0 Å². The molecule has 4 heteroatoms. The smallest absolute Gasteiger partial charge is 0.328 e. The molecule has 0 spiro atoms. The van der Waals surface area contributed by atoms with E-state index in [9.17, 15) is 4.79 Å². The average molecular weight is 264 g/mol. The van der Waals surface area contributed by atoms with E-state index in [-0.39, 0.29) is 0 Å². The number of hydrogen-bond acceptors (Lipinski definition) is 3. The Bertz CT molecular complexity index is 463. The number of hydrogen-bond donors (Lipinski definition) is 1. The van der Waals surface area contributed by atoms with Gasteiger partial charge in [0.15, 0.2) is 11.5 Å². The molecule has 1 rings (SSSR count). The molecular weight excluding hydrogens is 244 g/mol. The highest BCUT2D eigenvalue weighted by Gasteiger charge is 2.08. The molecule has 19 heavy (non-hydrogen) atoms. The van der Waals surface area contributed by atoms with Gasteiger partial charge < -0.3 is 14.6 Å². The number of aliphatic carboxylic acids is 1. The molecule has 0 amide bonds. The third kappa shape index (κ3) is 4.66. The van der Waals surface area contributed by atoms with Crippen LogP contribution >= 0.6 is 0 Å². The van der Waals surface area contributed by atoms with Crippen molar-refractivity contribution in [2.45, 2.75) is 26.7 Å². The van der Waals surface area contributed by atoms with Crippen LogP contribution in [0.3, 0.4) is 0 Å². The first-order valence-electron chi connectivity index (χ1n) is 6.31. The fraction of sp³-hybridized carbons (Fsp3) is 0.400. The summed E-state index contributed by atoms with van der Waals surface area (Å²) in [6.07, 6.45) is 4.70. The Morgan fingerprint density at radius 1 is 1.37 bits per heavy atom. The Balaban J connectivity index is 2.99. The van der Waals surface area contributed by atoms with Crippen molar-refractivity contribution < 1.29 is 19.4 Å². The Labute approximate surface area is 113 Å². The molecule has 4 nitrogen and oxygen atoms in total. The van der Waals surface area contributed by atoms with Gasteiger partial charge in [-0.2, -0.15) is 0 Å². The molecule has 0 atom stereocenters. The summed E-state index contributed by atoms with van der Waals surface area (Å²) in [5, 5.41) is 8.67. The highest BCUT2D eigenvalue weighted by atomic mass is 16.5. The van der Waals surface area contributed by atoms with E-state index in [2.05, 4.69) is 6.92 Å². The minimum atomic E-state index is -0.969. The number of rotatable bonds is 7. The number of unbranched alkanes of at least 4 members (excludes halogenated alkanes) is 1. The van der Waals surface area contributed by atoms with Crippen LogP contribution in [-0.2, 0) is 4.79 Å². The molecule has 0 aliphatic heterocycles. The highest BCUT2D eigenvalue weighted by molar-refractivity contribution is 5.85. The fourth-order valence-corrected chi connectivity index (χ4v) is 1.62. The number of ether oxygens (including phenoxy) is 2. The maximum absolute atomic E-state index is 10.6. The molecule has 0 bridgehead atoms. The van der Waals surface area contributed by atoms with Gasteiger partial charge in [-0.1, -0.05) is 13.3 Å². The Morgan fingerprint density at radius 2 is 2.11 bits per heavy atom. The maximum Gasteiger partial charge on any atom is 0.328 e. The topological polar surface area (TPSA) is 55.8 Å². The lowest BCUT2D eigenvalue weighted by Crippen LogP contribution is -2.00. The van der Waals surface area contributed by atoms with Crippen molar-refractivity contribution in [3.63, 3.8) is 0 Å². The molecule has 0 radical (unpaired) electrons. The first-order valence-corrected chi connectivity index (χ1v) is 6.31. The van der Waals surface area contributed by atoms with Crippen LogP contribution in [0.5, 0.6) is 11.5 Å². The zero-order valence-corrected chi connectivity index (χ0v) is 11.6. The van der Waals surface area contributed by atoms with E-state index in [4.69, 9.17) is 14.6 Å². The number of benzene rings is 1. The summed E-state index contributed by atoms with van der Waals surface area (Å²) in [5.41, 5.74) is 1.76. The van der Waals surface area contributed by atoms with Gasteiger partial charge in [0, 0.05) is 6.08 Å². The predicted molar refractivity (Wildman–Crippen MR) is 74.8 cm³/mol. The summed E-state index contributed by atoms with van der Waals surface area (Å²) in [5.74, 6) is 0.344. The second kappa shape index (κ2) is 7.46. The SMILES string of the molecule is CCCCOc1cc(/C=C/C(=O)O)c(C)cc1OC. The van der Waals surface area contributed by atoms with Gasteiger partial charge in [0.05, 0.1) is 13.7 Å². The number of methoxy groups -OCH3 is 1. The second-order valence-corrected chi connectivity index (χ2v) is 4.23. The van der Waals surface area contributed by atoms with Gasteiger partial charge in [0.25, 0.3) is 0 Å². The first-order chi connectivity index (χ1) is 9.08. The van der Waals surface area contributed by atoms with Crippen LogP contribution in [0, 0.1) is 6.92 Å². The van der Waals surface area contributed by atoms with E-state index in [1.165, 1.54) is 0 Å². The van der Waals surface area contributed by atoms with Gasteiger partial charge in [-0.25, -0.2) is 4.79 Å². The third-order valence-corrected chi connectivity index (χ3v) is 2.71. The van der Waals surface area contributed by atoms with Gasteiger partial charge >= 0.3 is 5.97 Å². The van der Waals surface area contributed by atoms with Gasteiger partial charge in [-0.3, -0.25) is 0 Å². The van der Waals surface area contributed by atoms with Crippen LogP contribution in [0.25, 0.3) is 6.08 Å². The molecule has 0 saturated carbocycles.